The number of aliphatic hydroxyl groups excluding tert-OH is 2. The Morgan fingerprint density at radius 2 is 2.15 bits per heavy atom. The van der Waals surface area contributed by atoms with Crippen LogP contribution >= 0.6 is 11.3 Å². The van der Waals surface area contributed by atoms with Crippen molar-refractivity contribution in [3.63, 3.8) is 0 Å². The highest BCUT2D eigenvalue weighted by atomic mass is 32.1. The lowest BCUT2D eigenvalue weighted by Gasteiger charge is -2.12. The number of rotatable bonds is 6. The van der Waals surface area contributed by atoms with Gasteiger partial charge in [0, 0.05) is 0 Å². The van der Waals surface area contributed by atoms with Crippen LogP contribution in [0.15, 0.2) is 16.8 Å². The van der Waals surface area contributed by atoms with Crippen LogP contribution in [-0.4, -0.2) is 36.0 Å². The lowest BCUT2D eigenvalue weighted by atomic mass is 10.2. The van der Waals surface area contributed by atoms with Gasteiger partial charge in [-0.25, -0.2) is 0 Å². The summed E-state index contributed by atoms with van der Waals surface area (Å²) in [6, 6.07) is 1.90. The predicted molar refractivity (Wildman–Crippen MR) is 54.0 cm³/mol. The van der Waals surface area contributed by atoms with E-state index in [1.54, 1.807) is 11.3 Å². The summed E-state index contributed by atoms with van der Waals surface area (Å²) in [6.45, 7) is 0.767. The fourth-order valence-corrected chi connectivity index (χ4v) is 1.75. The molecule has 0 saturated carbocycles. The van der Waals surface area contributed by atoms with Crippen LogP contribution in [0.4, 0.5) is 0 Å². The van der Waals surface area contributed by atoms with Crippen LogP contribution in [0.3, 0.4) is 0 Å². The molecule has 0 spiro atoms. The second-order valence-corrected chi connectivity index (χ2v) is 3.68. The molecule has 1 heterocycles. The van der Waals surface area contributed by atoms with Crippen molar-refractivity contribution in [3.8, 4) is 0 Å². The molecular weight excluding hydrogens is 186 g/mol. The molecule has 0 bridgehead atoms. The van der Waals surface area contributed by atoms with E-state index in [4.69, 9.17) is 10.2 Å². The van der Waals surface area contributed by atoms with Crippen molar-refractivity contribution in [1.82, 2.24) is 5.32 Å². The number of nitrogens with one attached hydrogen (secondary N) is 1. The van der Waals surface area contributed by atoms with E-state index < -0.39 is 0 Å². The summed E-state index contributed by atoms with van der Waals surface area (Å²) >= 11 is 1.68. The molecule has 0 unspecified atom stereocenters. The molecule has 1 aromatic heterocycles. The minimum Gasteiger partial charge on any atom is -0.395 e. The maximum atomic E-state index is 8.76. The standard InChI is InChI=1S/C9H15NO2S/c11-5-9(6-12)10-3-1-8-2-4-13-7-8/h2,4,7,9-12H,1,3,5-6H2. The molecule has 0 radical (unpaired) electrons. The largest absolute Gasteiger partial charge is 0.395 e. The van der Waals surface area contributed by atoms with Crippen LogP contribution in [0, 0.1) is 0 Å². The van der Waals surface area contributed by atoms with E-state index in [2.05, 4.69) is 16.8 Å². The van der Waals surface area contributed by atoms with E-state index in [0.717, 1.165) is 13.0 Å². The van der Waals surface area contributed by atoms with Crippen LogP contribution in [0.25, 0.3) is 0 Å². The number of hydrogen-bond acceptors (Lipinski definition) is 4. The summed E-state index contributed by atoms with van der Waals surface area (Å²) < 4.78 is 0. The quantitative estimate of drug-likeness (QED) is 0.617. The lowest BCUT2D eigenvalue weighted by Crippen LogP contribution is -2.36. The van der Waals surface area contributed by atoms with Gasteiger partial charge < -0.3 is 15.5 Å². The minimum absolute atomic E-state index is 0.0138. The molecule has 3 nitrogen and oxygen atoms in total. The molecule has 3 N–H and O–H groups in total. The van der Waals surface area contributed by atoms with Gasteiger partial charge in [0.2, 0.25) is 0 Å². The van der Waals surface area contributed by atoms with Crippen molar-refractivity contribution >= 4 is 11.3 Å². The van der Waals surface area contributed by atoms with Gasteiger partial charge in [-0.2, -0.15) is 11.3 Å². The summed E-state index contributed by atoms with van der Waals surface area (Å²) in [4.78, 5) is 0. The van der Waals surface area contributed by atoms with Crippen LogP contribution < -0.4 is 5.32 Å². The third-order valence-electron chi connectivity index (χ3n) is 1.87. The van der Waals surface area contributed by atoms with E-state index in [0.29, 0.717) is 0 Å². The van der Waals surface area contributed by atoms with Gasteiger partial charge in [0.15, 0.2) is 0 Å². The van der Waals surface area contributed by atoms with Crippen molar-refractivity contribution < 1.29 is 10.2 Å². The first-order valence-corrected chi connectivity index (χ1v) is 5.27. The Morgan fingerprint density at radius 3 is 2.69 bits per heavy atom. The summed E-state index contributed by atoms with van der Waals surface area (Å²) in [5.74, 6) is 0. The third kappa shape index (κ3) is 3.87. The smallest absolute Gasteiger partial charge is 0.0607 e. The molecule has 0 aliphatic carbocycles. The first kappa shape index (κ1) is 10.7. The molecule has 0 aliphatic rings. The van der Waals surface area contributed by atoms with E-state index in [1.807, 2.05) is 5.38 Å². The Morgan fingerprint density at radius 1 is 1.38 bits per heavy atom. The van der Waals surface area contributed by atoms with E-state index in [-0.39, 0.29) is 19.3 Å². The van der Waals surface area contributed by atoms with Crippen molar-refractivity contribution in [2.45, 2.75) is 12.5 Å². The SMILES string of the molecule is OCC(CO)NCCc1ccsc1. The molecule has 0 amide bonds. The molecule has 0 aromatic carbocycles. The summed E-state index contributed by atoms with van der Waals surface area (Å²) in [6.07, 6.45) is 0.944. The van der Waals surface area contributed by atoms with Gasteiger partial charge in [0.1, 0.15) is 0 Å². The molecule has 4 heteroatoms. The van der Waals surface area contributed by atoms with Gasteiger partial charge in [0.25, 0.3) is 0 Å². The van der Waals surface area contributed by atoms with Crippen LogP contribution in [0.2, 0.25) is 0 Å². The molecular formula is C9H15NO2S. The molecule has 13 heavy (non-hydrogen) atoms. The number of thiophene rings is 1. The normalized spacial score (nSPS) is 11.0. The lowest BCUT2D eigenvalue weighted by molar-refractivity contribution is 0.171. The van der Waals surface area contributed by atoms with E-state index in [9.17, 15) is 0 Å². The van der Waals surface area contributed by atoms with Gasteiger partial charge in [-0.3, -0.25) is 0 Å². The summed E-state index contributed by atoms with van der Waals surface area (Å²) in [7, 11) is 0. The van der Waals surface area contributed by atoms with Crippen molar-refractivity contribution in [1.29, 1.82) is 0 Å². The highest BCUT2D eigenvalue weighted by Gasteiger charge is 2.03. The van der Waals surface area contributed by atoms with Crippen LogP contribution in [-0.2, 0) is 6.42 Å². The molecule has 0 atom stereocenters. The van der Waals surface area contributed by atoms with Gasteiger partial charge in [-0.1, -0.05) is 0 Å². The van der Waals surface area contributed by atoms with Crippen molar-refractivity contribution in [3.05, 3.63) is 22.4 Å². The van der Waals surface area contributed by atoms with Crippen molar-refractivity contribution in [2.75, 3.05) is 19.8 Å². The second-order valence-electron chi connectivity index (χ2n) is 2.90. The maximum absolute atomic E-state index is 8.76. The Labute approximate surface area is 82.0 Å². The Hall–Kier alpha value is -0.420. The minimum atomic E-state index is -0.182. The Balaban J connectivity index is 2.13. The molecule has 1 aromatic rings. The predicted octanol–water partition coefficient (Wildman–Crippen LogP) is 0.233. The van der Waals surface area contributed by atoms with Crippen LogP contribution in [0.1, 0.15) is 5.56 Å². The average Bonchev–Trinajstić information content (AvgIpc) is 2.65. The van der Waals surface area contributed by atoms with E-state index >= 15 is 0 Å². The molecule has 0 aliphatic heterocycles. The first-order valence-electron chi connectivity index (χ1n) is 4.33. The van der Waals surface area contributed by atoms with E-state index in [1.165, 1.54) is 5.56 Å². The first-order chi connectivity index (χ1) is 6.36. The molecule has 74 valence electrons. The Kier molecular flexibility index (Phi) is 5.00. The second kappa shape index (κ2) is 6.10. The number of hydrogen-bond donors (Lipinski definition) is 3. The van der Waals surface area contributed by atoms with Gasteiger partial charge in [0.05, 0.1) is 19.3 Å². The Bertz CT molecular complexity index is 209. The van der Waals surface area contributed by atoms with Crippen molar-refractivity contribution in [2.24, 2.45) is 0 Å². The average molecular weight is 201 g/mol. The third-order valence-corrected chi connectivity index (χ3v) is 2.60. The topological polar surface area (TPSA) is 52.5 Å². The van der Waals surface area contributed by atoms with Gasteiger partial charge in [-0.15, -0.1) is 0 Å². The fourth-order valence-electron chi connectivity index (χ4n) is 1.04. The van der Waals surface area contributed by atoms with Gasteiger partial charge >= 0.3 is 0 Å². The monoisotopic (exact) mass is 201 g/mol. The molecule has 1 rings (SSSR count). The highest BCUT2D eigenvalue weighted by molar-refractivity contribution is 7.07. The van der Waals surface area contributed by atoms with Gasteiger partial charge in [-0.05, 0) is 35.4 Å². The summed E-state index contributed by atoms with van der Waals surface area (Å²) in [5.41, 5.74) is 1.30. The number of aliphatic hydroxyl groups is 2. The zero-order valence-electron chi connectivity index (χ0n) is 7.44. The summed E-state index contributed by atoms with van der Waals surface area (Å²) in [5, 5.41) is 24.7. The fraction of sp³-hybridized carbons (Fsp3) is 0.556. The molecule has 0 fully saturated rings. The van der Waals surface area contributed by atoms with Crippen LogP contribution in [0.5, 0.6) is 0 Å². The highest BCUT2D eigenvalue weighted by Crippen LogP contribution is 2.05. The maximum Gasteiger partial charge on any atom is 0.0607 e. The molecule has 0 saturated heterocycles. The zero-order valence-corrected chi connectivity index (χ0v) is 8.26. The zero-order chi connectivity index (χ0) is 9.52.